The van der Waals surface area contributed by atoms with Crippen LogP contribution in [0.4, 0.5) is 0 Å². The zero-order chi connectivity index (χ0) is 13.8. The fourth-order valence-electron chi connectivity index (χ4n) is 2.97. The zero-order valence-electron chi connectivity index (χ0n) is 12.0. The standard InChI is InChI=1S/C14H24N4O/c1-16(2)7-8-17-5-3-13(4-6-17)18-11-12(10-15)9-14(18)19/h12-13H,3-9,11H2,1-2H3. The molecule has 1 amide bonds. The molecule has 0 aliphatic carbocycles. The molecule has 1 atom stereocenters. The molecule has 2 rings (SSSR count). The van der Waals surface area contributed by atoms with Crippen LogP contribution in [-0.4, -0.2) is 73.5 Å². The van der Waals surface area contributed by atoms with Crippen LogP contribution >= 0.6 is 0 Å². The minimum absolute atomic E-state index is 0.0840. The van der Waals surface area contributed by atoms with Gasteiger partial charge in [-0.3, -0.25) is 4.79 Å². The summed E-state index contributed by atoms with van der Waals surface area (Å²) >= 11 is 0. The number of nitriles is 1. The molecule has 0 bridgehead atoms. The van der Waals surface area contributed by atoms with Crippen molar-refractivity contribution in [3.8, 4) is 6.07 Å². The van der Waals surface area contributed by atoms with E-state index in [-0.39, 0.29) is 11.8 Å². The molecule has 0 saturated carbocycles. The molecule has 0 aromatic carbocycles. The summed E-state index contributed by atoms with van der Waals surface area (Å²) in [6.07, 6.45) is 2.53. The third kappa shape index (κ3) is 3.68. The van der Waals surface area contributed by atoms with Crippen molar-refractivity contribution in [3.63, 3.8) is 0 Å². The molecule has 2 fully saturated rings. The molecule has 0 N–H and O–H groups in total. The minimum Gasteiger partial charge on any atom is -0.338 e. The Morgan fingerprint density at radius 1 is 1.37 bits per heavy atom. The predicted octanol–water partition coefficient (Wildman–Crippen LogP) is 0.384. The second-order valence-electron chi connectivity index (χ2n) is 5.95. The van der Waals surface area contributed by atoms with E-state index in [1.54, 1.807) is 0 Å². The first-order chi connectivity index (χ1) is 9.10. The van der Waals surface area contributed by atoms with Gasteiger partial charge in [0.1, 0.15) is 0 Å². The third-order valence-electron chi connectivity index (χ3n) is 4.20. The number of piperidine rings is 1. The molecule has 1 unspecified atom stereocenters. The molecule has 19 heavy (non-hydrogen) atoms. The van der Waals surface area contributed by atoms with Crippen LogP contribution in [0.15, 0.2) is 0 Å². The number of carbonyl (C=O) groups is 1. The highest BCUT2D eigenvalue weighted by molar-refractivity contribution is 5.79. The lowest BCUT2D eigenvalue weighted by atomic mass is 10.0. The first-order valence-electron chi connectivity index (χ1n) is 7.16. The summed E-state index contributed by atoms with van der Waals surface area (Å²) in [4.78, 5) is 18.5. The van der Waals surface area contributed by atoms with Gasteiger partial charge >= 0.3 is 0 Å². The van der Waals surface area contributed by atoms with Crippen molar-refractivity contribution in [1.82, 2.24) is 14.7 Å². The third-order valence-corrected chi connectivity index (χ3v) is 4.20. The van der Waals surface area contributed by atoms with Gasteiger partial charge in [0.2, 0.25) is 5.91 Å². The van der Waals surface area contributed by atoms with Crippen molar-refractivity contribution >= 4 is 5.91 Å². The predicted molar refractivity (Wildman–Crippen MR) is 73.4 cm³/mol. The lowest BCUT2D eigenvalue weighted by Crippen LogP contribution is -2.46. The summed E-state index contributed by atoms with van der Waals surface area (Å²) < 4.78 is 0. The lowest BCUT2D eigenvalue weighted by molar-refractivity contribution is -0.130. The van der Waals surface area contributed by atoms with E-state index in [2.05, 4.69) is 30.0 Å². The van der Waals surface area contributed by atoms with Crippen molar-refractivity contribution in [1.29, 1.82) is 5.26 Å². The zero-order valence-corrected chi connectivity index (χ0v) is 12.0. The quantitative estimate of drug-likeness (QED) is 0.737. The van der Waals surface area contributed by atoms with E-state index in [1.807, 2.05) is 4.90 Å². The molecular weight excluding hydrogens is 240 g/mol. The van der Waals surface area contributed by atoms with E-state index in [1.165, 1.54) is 0 Å². The largest absolute Gasteiger partial charge is 0.338 e. The maximum absolute atomic E-state index is 11.9. The lowest BCUT2D eigenvalue weighted by Gasteiger charge is -2.37. The molecule has 0 radical (unpaired) electrons. The van der Waals surface area contributed by atoms with Gasteiger partial charge in [-0.25, -0.2) is 0 Å². The molecule has 2 saturated heterocycles. The van der Waals surface area contributed by atoms with E-state index < -0.39 is 0 Å². The van der Waals surface area contributed by atoms with Crippen LogP contribution in [0.25, 0.3) is 0 Å². The van der Waals surface area contributed by atoms with Gasteiger partial charge in [-0.15, -0.1) is 0 Å². The molecule has 2 heterocycles. The Balaban J connectivity index is 1.77. The molecule has 106 valence electrons. The van der Waals surface area contributed by atoms with Crippen LogP contribution in [-0.2, 0) is 4.79 Å². The fraction of sp³-hybridized carbons (Fsp3) is 0.857. The van der Waals surface area contributed by atoms with Gasteiger partial charge < -0.3 is 14.7 Å². The summed E-state index contributed by atoms with van der Waals surface area (Å²) in [5.41, 5.74) is 0. The normalized spacial score (nSPS) is 26.1. The second kappa shape index (κ2) is 6.36. The highest BCUT2D eigenvalue weighted by Crippen LogP contribution is 2.24. The number of likely N-dealkylation sites (tertiary alicyclic amines) is 2. The van der Waals surface area contributed by atoms with Gasteiger partial charge in [-0.2, -0.15) is 5.26 Å². The Labute approximate surface area is 115 Å². The summed E-state index contributed by atoms with van der Waals surface area (Å²) in [5.74, 6) is 0.0950. The van der Waals surface area contributed by atoms with Crippen LogP contribution in [0.3, 0.4) is 0 Å². The summed E-state index contributed by atoms with van der Waals surface area (Å²) in [6.45, 7) is 4.98. The topological polar surface area (TPSA) is 50.6 Å². The molecule has 2 aliphatic rings. The number of hydrogen-bond acceptors (Lipinski definition) is 4. The van der Waals surface area contributed by atoms with Crippen molar-refractivity contribution < 1.29 is 4.79 Å². The number of hydrogen-bond donors (Lipinski definition) is 0. The van der Waals surface area contributed by atoms with Gasteiger partial charge in [0, 0.05) is 45.2 Å². The Kier molecular flexibility index (Phi) is 4.78. The molecule has 5 heteroatoms. The SMILES string of the molecule is CN(C)CCN1CCC(N2CC(C#N)CC2=O)CC1. The number of likely N-dealkylation sites (N-methyl/N-ethyl adjacent to an activating group) is 1. The monoisotopic (exact) mass is 264 g/mol. The van der Waals surface area contributed by atoms with Crippen LogP contribution in [0.2, 0.25) is 0 Å². The number of amides is 1. The molecule has 0 spiro atoms. The van der Waals surface area contributed by atoms with Gasteiger partial charge in [0.25, 0.3) is 0 Å². The van der Waals surface area contributed by atoms with Crippen LogP contribution < -0.4 is 0 Å². The van der Waals surface area contributed by atoms with Gasteiger partial charge in [-0.1, -0.05) is 0 Å². The number of nitrogens with zero attached hydrogens (tertiary/aromatic N) is 4. The Morgan fingerprint density at radius 3 is 2.58 bits per heavy atom. The summed E-state index contributed by atoms with van der Waals surface area (Å²) in [6, 6.07) is 2.59. The maximum atomic E-state index is 11.9. The number of carbonyl (C=O) groups excluding carboxylic acids is 1. The average Bonchev–Trinajstić information content (AvgIpc) is 2.78. The number of rotatable bonds is 4. The van der Waals surface area contributed by atoms with Gasteiger partial charge in [0.15, 0.2) is 0 Å². The summed E-state index contributed by atoms with van der Waals surface area (Å²) in [7, 11) is 4.19. The van der Waals surface area contributed by atoms with E-state index in [9.17, 15) is 4.79 Å². The van der Waals surface area contributed by atoms with Crippen molar-refractivity contribution in [2.75, 3.05) is 46.8 Å². The smallest absolute Gasteiger partial charge is 0.224 e. The van der Waals surface area contributed by atoms with E-state index in [0.29, 0.717) is 19.0 Å². The van der Waals surface area contributed by atoms with Gasteiger partial charge in [0.05, 0.1) is 12.0 Å². The highest BCUT2D eigenvalue weighted by atomic mass is 16.2. The molecule has 0 aromatic heterocycles. The van der Waals surface area contributed by atoms with Crippen LogP contribution in [0.5, 0.6) is 0 Å². The van der Waals surface area contributed by atoms with Crippen LogP contribution in [0, 0.1) is 17.2 Å². The van der Waals surface area contributed by atoms with Gasteiger partial charge in [-0.05, 0) is 26.9 Å². The van der Waals surface area contributed by atoms with E-state index >= 15 is 0 Å². The average molecular weight is 264 g/mol. The summed E-state index contributed by atoms with van der Waals surface area (Å²) in [5, 5.41) is 8.92. The Hall–Kier alpha value is -1.12. The van der Waals surface area contributed by atoms with Crippen molar-refractivity contribution in [2.24, 2.45) is 5.92 Å². The molecular formula is C14H24N4O. The van der Waals surface area contributed by atoms with Crippen molar-refractivity contribution in [3.05, 3.63) is 0 Å². The second-order valence-corrected chi connectivity index (χ2v) is 5.95. The van der Waals surface area contributed by atoms with E-state index in [4.69, 9.17) is 5.26 Å². The molecule has 0 aromatic rings. The minimum atomic E-state index is -0.0840. The first-order valence-corrected chi connectivity index (χ1v) is 7.16. The Bertz CT molecular complexity index is 355. The fourth-order valence-corrected chi connectivity index (χ4v) is 2.97. The van der Waals surface area contributed by atoms with E-state index in [0.717, 1.165) is 39.0 Å². The van der Waals surface area contributed by atoms with Crippen LogP contribution in [0.1, 0.15) is 19.3 Å². The first kappa shape index (κ1) is 14.3. The molecule has 5 nitrogen and oxygen atoms in total. The molecule has 2 aliphatic heterocycles. The van der Waals surface area contributed by atoms with Crippen molar-refractivity contribution in [2.45, 2.75) is 25.3 Å². The maximum Gasteiger partial charge on any atom is 0.224 e. The Morgan fingerprint density at radius 2 is 2.05 bits per heavy atom. The highest BCUT2D eigenvalue weighted by Gasteiger charge is 2.35.